The maximum Gasteiger partial charge on any atom is 0.166 e. The summed E-state index contributed by atoms with van der Waals surface area (Å²) < 4.78 is 0. The summed E-state index contributed by atoms with van der Waals surface area (Å²) in [4.78, 5) is 25.0. The van der Waals surface area contributed by atoms with Crippen molar-refractivity contribution in [3.8, 4) is 0 Å². The Kier molecular flexibility index (Phi) is 4.01. The highest BCUT2D eigenvalue weighted by atomic mass is 16.1. The van der Waals surface area contributed by atoms with Crippen LogP contribution in [0.1, 0.15) is 29.3 Å². The minimum absolute atomic E-state index is 0.0411. The van der Waals surface area contributed by atoms with Gasteiger partial charge in [0.1, 0.15) is 0 Å². The summed E-state index contributed by atoms with van der Waals surface area (Å²) in [5.41, 5.74) is 2.66. The number of ketones is 2. The topological polar surface area (TPSA) is 34.1 Å². The summed E-state index contributed by atoms with van der Waals surface area (Å²) in [5, 5.41) is 0. The lowest BCUT2D eigenvalue weighted by atomic mass is 9.74. The van der Waals surface area contributed by atoms with Crippen molar-refractivity contribution in [3.63, 3.8) is 0 Å². The third-order valence-electron chi connectivity index (χ3n) is 4.35. The molecule has 0 aliphatic heterocycles. The normalized spacial score (nSPS) is 21.3. The maximum atomic E-state index is 12.8. The van der Waals surface area contributed by atoms with Crippen LogP contribution in [0, 0.1) is 11.8 Å². The van der Waals surface area contributed by atoms with Gasteiger partial charge in [-0.05, 0) is 23.6 Å². The predicted molar refractivity (Wildman–Crippen MR) is 87.5 cm³/mol. The molecule has 0 fully saturated rings. The molecule has 0 N–H and O–H groups in total. The van der Waals surface area contributed by atoms with Gasteiger partial charge in [-0.3, -0.25) is 9.59 Å². The fraction of sp³-hybridized carbons (Fsp3) is 0.200. The minimum Gasteiger partial charge on any atom is -0.295 e. The van der Waals surface area contributed by atoms with Crippen LogP contribution in [0.2, 0.25) is 0 Å². The molecule has 0 amide bonds. The zero-order chi connectivity index (χ0) is 15.5. The summed E-state index contributed by atoms with van der Waals surface area (Å²) in [6.07, 6.45) is 2.32. The Morgan fingerprint density at radius 2 is 1.55 bits per heavy atom. The number of carbonyl (C=O) groups excluding carboxylic acids is 2. The monoisotopic (exact) mass is 290 g/mol. The van der Waals surface area contributed by atoms with Crippen LogP contribution in [-0.4, -0.2) is 11.6 Å². The molecular weight excluding hydrogens is 272 g/mol. The van der Waals surface area contributed by atoms with Crippen molar-refractivity contribution in [3.05, 3.63) is 77.9 Å². The Balaban J connectivity index is 1.92. The number of benzene rings is 2. The van der Waals surface area contributed by atoms with Gasteiger partial charge in [-0.2, -0.15) is 0 Å². The van der Waals surface area contributed by atoms with Crippen LogP contribution in [0.5, 0.6) is 0 Å². The van der Waals surface area contributed by atoms with Crippen molar-refractivity contribution in [1.82, 2.24) is 0 Å². The summed E-state index contributed by atoms with van der Waals surface area (Å²) >= 11 is 0. The van der Waals surface area contributed by atoms with Gasteiger partial charge < -0.3 is 0 Å². The first-order valence-corrected chi connectivity index (χ1v) is 7.56. The highest BCUT2D eigenvalue weighted by molar-refractivity contribution is 6.07. The molecule has 0 aromatic heterocycles. The molecule has 0 spiro atoms. The van der Waals surface area contributed by atoms with E-state index in [1.165, 1.54) is 0 Å². The van der Waals surface area contributed by atoms with Gasteiger partial charge in [0.2, 0.25) is 0 Å². The number of Topliss-reactive ketones (excluding diaryl/α,β-unsaturated/α-hetero) is 1. The van der Waals surface area contributed by atoms with E-state index in [4.69, 9.17) is 0 Å². The standard InChI is InChI=1S/C20H18O2/c1-14-18(20(22)16-10-6-3-7-11-16)12-17(13-19(14)21)15-8-4-2-5-9-15/h2-11,13-14,18H,12H2,1H3/t14-,18+/m1/s1. The van der Waals surface area contributed by atoms with Gasteiger partial charge in [0.05, 0.1) is 0 Å². The molecule has 2 aromatic rings. The van der Waals surface area contributed by atoms with Gasteiger partial charge in [-0.25, -0.2) is 0 Å². The Hall–Kier alpha value is -2.48. The van der Waals surface area contributed by atoms with Gasteiger partial charge in [-0.1, -0.05) is 67.6 Å². The quantitative estimate of drug-likeness (QED) is 0.795. The van der Waals surface area contributed by atoms with Gasteiger partial charge in [0.15, 0.2) is 11.6 Å². The van der Waals surface area contributed by atoms with Crippen molar-refractivity contribution in [2.45, 2.75) is 13.3 Å². The highest BCUT2D eigenvalue weighted by Gasteiger charge is 2.34. The largest absolute Gasteiger partial charge is 0.295 e. The number of rotatable bonds is 3. The molecule has 2 nitrogen and oxygen atoms in total. The van der Waals surface area contributed by atoms with Gasteiger partial charge in [0, 0.05) is 17.4 Å². The molecule has 2 aromatic carbocycles. The lowest BCUT2D eigenvalue weighted by Gasteiger charge is -2.27. The van der Waals surface area contributed by atoms with E-state index >= 15 is 0 Å². The maximum absolute atomic E-state index is 12.8. The molecule has 1 aliphatic carbocycles. The third-order valence-corrected chi connectivity index (χ3v) is 4.35. The van der Waals surface area contributed by atoms with Crippen LogP contribution < -0.4 is 0 Å². The average molecular weight is 290 g/mol. The Labute approximate surface area is 130 Å². The molecule has 110 valence electrons. The van der Waals surface area contributed by atoms with E-state index in [-0.39, 0.29) is 23.4 Å². The Bertz CT molecular complexity index is 714. The van der Waals surface area contributed by atoms with E-state index in [9.17, 15) is 9.59 Å². The van der Waals surface area contributed by atoms with Crippen molar-refractivity contribution in [1.29, 1.82) is 0 Å². The first-order valence-electron chi connectivity index (χ1n) is 7.56. The summed E-state index contributed by atoms with van der Waals surface area (Å²) in [5.74, 6) is -0.447. The van der Waals surface area contributed by atoms with E-state index < -0.39 is 0 Å². The third kappa shape index (κ3) is 2.77. The average Bonchev–Trinajstić information content (AvgIpc) is 2.58. The summed E-state index contributed by atoms with van der Waals surface area (Å²) in [6, 6.07) is 19.1. The predicted octanol–water partition coefficient (Wildman–Crippen LogP) is 4.18. The van der Waals surface area contributed by atoms with E-state index in [2.05, 4.69) is 0 Å². The van der Waals surface area contributed by atoms with Crippen molar-refractivity contribution >= 4 is 17.1 Å². The van der Waals surface area contributed by atoms with Gasteiger partial charge >= 0.3 is 0 Å². The second kappa shape index (κ2) is 6.10. The molecule has 2 heteroatoms. The van der Waals surface area contributed by atoms with Crippen LogP contribution in [-0.2, 0) is 4.79 Å². The molecule has 22 heavy (non-hydrogen) atoms. The molecule has 3 rings (SSSR count). The molecule has 0 heterocycles. The summed E-state index contributed by atoms with van der Waals surface area (Å²) in [6.45, 7) is 1.85. The lowest BCUT2D eigenvalue weighted by molar-refractivity contribution is -0.119. The van der Waals surface area contributed by atoms with Crippen molar-refractivity contribution in [2.75, 3.05) is 0 Å². The minimum atomic E-state index is -0.282. The van der Waals surface area contributed by atoms with E-state index in [1.807, 2.05) is 67.6 Å². The lowest BCUT2D eigenvalue weighted by Crippen LogP contribution is -2.30. The van der Waals surface area contributed by atoms with E-state index in [0.29, 0.717) is 12.0 Å². The number of hydrogen-bond donors (Lipinski definition) is 0. The van der Waals surface area contributed by atoms with Crippen molar-refractivity contribution in [2.24, 2.45) is 11.8 Å². The Morgan fingerprint density at radius 3 is 2.18 bits per heavy atom. The first kappa shape index (κ1) is 14.5. The molecule has 0 radical (unpaired) electrons. The fourth-order valence-electron chi connectivity index (χ4n) is 2.96. The zero-order valence-electron chi connectivity index (χ0n) is 12.5. The van der Waals surface area contributed by atoms with Crippen LogP contribution >= 0.6 is 0 Å². The van der Waals surface area contributed by atoms with Crippen molar-refractivity contribution < 1.29 is 9.59 Å². The zero-order valence-corrected chi connectivity index (χ0v) is 12.5. The smallest absolute Gasteiger partial charge is 0.166 e. The number of allylic oxidation sites excluding steroid dienone is 2. The molecule has 2 atom stereocenters. The van der Waals surface area contributed by atoms with Crippen LogP contribution in [0.4, 0.5) is 0 Å². The molecule has 1 aliphatic rings. The van der Waals surface area contributed by atoms with Crippen LogP contribution in [0.25, 0.3) is 5.57 Å². The second-order valence-corrected chi connectivity index (χ2v) is 5.77. The molecule has 0 unspecified atom stereocenters. The summed E-state index contributed by atoms with van der Waals surface area (Å²) in [7, 11) is 0. The number of hydrogen-bond acceptors (Lipinski definition) is 2. The second-order valence-electron chi connectivity index (χ2n) is 5.77. The molecular formula is C20H18O2. The fourth-order valence-corrected chi connectivity index (χ4v) is 2.96. The number of carbonyl (C=O) groups is 2. The first-order chi connectivity index (χ1) is 10.7. The van der Waals surface area contributed by atoms with Crippen LogP contribution in [0.3, 0.4) is 0 Å². The SMILES string of the molecule is C[C@H]1C(=O)C=C(c2ccccc2)C[C@@H]1C(=O)c1ccccc1. The highest BCUT2D eigenvalue weighted by Crippen LogP contribution is 2.34. The molecule has 0 saturated carbocycles. The molecule has 0 saturated heterocycles. The van der Waals surface area contributed by atoms with E-state index in [1.54, 1.807) is 6.08 Å². The van der Waals surface area contributed by atoms with Crippen LogP contribution in [0.15, 0.2) is 66.7 Å². The van der Waals surface area contributed by atoms with Gasteiger partial charge in [-0.15, -0.1) is 0 Å². The van der Waals surface area contributed by atoms with Gasteiger partial charge in [0.25, 0.3) is 0 Å². The molecule has 0 bridgehead atoms. The Morgan fingerprint density at radius 1 is 0.955 bits per heavy atom. The van der Waals surface area contributed by atoms with E-state index in [0.717, 1.165) is 11.1 Å².